The SMILES string of the molecule is C=C=C=C=C=C=C=C=C=C=C=Cc1ccc(C(C)C)cc1. The fourth-order valence-electron chi connectivity index (χ4n) is 1.36. The molecule has 0 heterocycles. The topological polar surface area (TPSA) is 0 Å². The van der Waals surface area contributed by atoms with E-state index in [9.17, 15) is 0 Å². The molecule has 1 aromatic rings. The van der Waals surface area contributed by atoms with E-state index in [4.69, 9.17) is 0 Å². The summed E-state index contributed by atoms with van der Waals surface area (Å²) in [5, 5.41) is 0. The molecule has 0 radical (unpaired) electrons. The van der Waals surface area contributed by atoms with E-state index in [2.05, 4.69) is 102 Å². The van der Waals surface area contributed by atoms with Crippen molar-refractivity contribution in [3.63, 3.8) is 0 Å². The van der Waals surface area contributed by atoms with Gasteiger partial charge in [0.05, 0.1) is 0 Å². The standard InChI is InChI=1S/C21H14/c1-4-5-6-7-8-9-10-11-12-13-14-20-15-17-21(18-16-20)19(2)3/h14-19H,1H2,2-3H3. The van der Waals surface area contributed by atoms with Crippen molar-refractivity contribution in [1.82, 2.24) is 0 Å². The molecule has 0 aliphatic carbocycles. The molecule has 21 heavy (non-hydrogen) atoms. The number of hydrogen-bond donors (Lipinski definition) is 0. The molecule has 0 spiro atoms. The maximum Gasteiger partial charge on any atom is -0.000000344 e. The van der Waals surface area contributed by atoms with Crippen molar-refractivity contribution in [2.24, 2.45) is 0 Å². The zero-order chi connectivity index (χ0) is 15.3. The first kappa shape index (κ1) is 15.8. The Kier molecular flexibility index (Phi) is 7.27. The van der Waals surface area contributed by atoms with Crippen LogP contribution in [-0.4, -0.2) is 0 Å². The van der Waals surface area contributed by atoms with E-state index in [0.717, 1.165) is 5.56 Å². The van der Waals surface area contributed by atoms with Gasteiger partial charge in [-0.3, -0.25) is 0 Å². The first-order valence-electron chi connectivity index (χ1n) is 6.45. The van der Waals surface area contributed by atoms with Gasteiger partial charge in [0.2, 0.25) is 0 Å². The second-order valence-electron chi connectivity index (χ2n) is 4.29. The summed E-state index contributed by atoms with van der Waals surface area (Å²) in [6.45, 7) is 7.67. The Morgan fingerprint density at radius 1 is 0.810 bits per heavy atom. The van der Waals surface area contributed by atoms with Gasteiger partial charge in [0.15, 0.2) is 0 Å². The Morgan fingerprint density at radius 2 is 1.33 bits per heavy atom. The lowest BCUT2D eigenvalue weighted by atomic mass is 10.0. The summed E-state index contributed by atoms with van der Waals surface area (Å²) in [5.41, 5.74) is 28.3. The molecule has 1 rings (SSSR count). The molecular weight excluding hydrogens is 252 g/mol. The van der Waals surface area contributed by atoms with E-state index in [-0.39, 0.29) is 0 Å². The number of rotatable bonds is 2. The van der Waals surface area contributed by atoms with E-state index in [1.54, 1.807) is 0 Å². The van der Waals surface area contributed by atoms with Crippen LogP contribution in [0.25, 0.3) is 6.08 Å². The highest BCUT2D eigenvalue weighted by atomic mass is 14.0. The molecule has 0 fully saturated rings. The van der Waals surface area contributed by atoms with Crippen LogP contribution in [0.1, 0.15) is 30.9 Å². The molecule has 0 saturated carbocycles. The summed E-state index contributed by atoms with van der Waals surface area (Å²) >= 11 is 0. The van der Waals surface area contributed by atoms with Crippen LogP contribution in [0.2, 0.25) is 0 Å². The second kappa shape index (κ2) is 9.66. The van der Waals surface area contributed by atoms with Gasteiger partial charge in [-0.1, -0.05) is 49.6 Å². The molecule has 0 N–H and O–H groups in total. The van der Waals surface area contributed by atoms with Crippen LogP contribution in [0.15, 0.2) is 88.2 Å². The largest absolute Gasteiger partial charge is 0.0687 e. The highest BCUT2D eigenvalue weighted by Crippen LogP contribution is 2.14. The molecule has 0 aromatic heterocycles. The van der Waals surface area contributed by atoms with Crippen molar-refractivity contribution < 1.29 is 0 Å². The quantitative estimate of drug-likeness (QED) is 0.660. The highest BCUT2D eigenvalue weighted by Gasteiger charge is 1.96. The van der Waals surface area contributed by atoms with Crippen molar-refractivity contribution in [3.05, 3.63) is 99.3 Å². The lowest BCUT2D eigenvalue weighted by Gasteiger charge is -2.03. The third-order valence-electron chi connectivity index (χ3n) is 2.44. The smallest absolute Gasteiger partial charge is 0.000000344 e. The van der Waals surface area contributed by atoms with Gasteiger partial charge in [-0.15, -0.1) is 0 Å². The zero-order valence-electron chi connectivity index (χ0n) is 12.2. The van der Waals surface area contributed by atoms with Gasteiger partial charge < -0.3 is 0 Å². The van der Waals surface area contributed by atoms with E-state index in [1.807, 2.05) is 6.08 Å². The fourth-order valence-corrected chi connectivity index (χ4v) is 1.36. The van der Waals surface area contributed by atoms with Gasteiger partial charge in [-0.2, -0.15) is 0 Å². The normalized spacial score (nSPS) is 7.19. The lowest BCUT2D eigenvalue weighted by molar-refractivity contribution is 0.866. The van der Waals surface area contributed by atoms with Crippen LogP contribution in [-0.2, 0) is 0 Å². The molecule has 98 valence electrons. The van der Waals surface area contributed by atoms with Crippen molar-refractivity contribution >= 4 is 6.08 Å². The van der Waals surface area contributed by atoms with Crippen molar-refractivity contribution in [1.29, 1.82) is 0 Å². The summed E-state index contributed by atoms with van der Waals surface area (Å²) in [6, 6.07) is 8.33. The van der Waals surface area contributed by atoms with Crippen LogP contribution < -0.4 is 0 Å². The zero-order valence-corrected chi connectivity index (χ0v) is 12.2. The molecule has 1 aromatic carbocycles. The minimum atomic E-state index is 0.539. The average Bonchev–Trinajstić information content (AvgIpc) is 2.49. The molecule has 0 aliphatic heterocycles. The summed E-state index contributed by atoms with van der Waals surface area (Å²) < 4.78 is 0. The van der Waals surface area contributed by atoms with Gasteiger partial charge in [0, 0.05) is 0 Å². The molecule has 0 nitrogen and oxygen atoms in total. The van der Waals surface area contributed by atoms with Crippen LogP contribution in [0, 0.1) is 0 Å². The Morgan fingerprint density at radius 3 is 1.86 bits per heavy atom. The van der Waals surface area contributed by atoms with E-state index in [1.165, 1.54) is 5.56 Å². The maximum absolute atomic E-state index is 3.33. The van der Waals surface area contributed by atoms with Crippen LogP contribution in [0.4, 0.5) is 0 Å². The van der Waals surface area contributed by atoms with Crippen molar-refractivity contribution in [2.45, 2.75) is 19.8 Å². The van der Waals surface area contributed by atoms with Gasteiger partial charge in [-0.25, -0.2) is 0 Å². The highest BCUT2D eigenvalue weighted by molar-refractivity contribution is 5.49. The van der Waals surface area contributed by atoms with E-state index in [0.29, 0.717) is 5.92 Å². The molecule has 0 atom stereocenters. The monoisotopic (exact) mass is 266 g/mol. The number of hydrogen-bond acceptors (Lipinski definition) is 0. The molecule has 0 unspecified atom stereocenters. The summed E-state index contributed by atoms with van der Waals surface area (Å²) in [6.07, 6.45) is 1.83. The minimum absolute atomic E-state index is 0.539. The van der Waals surface area contributed by atoms with Crippen molar-refractivity contribution in [2.75, 3.05) is 0 Å². The predicted octanol–water partition coefficient (Wildman–Crippen LogP) is 5.00. The molecule has 0 aliphatic rings. The second-order valence-corrected chi connectivity index (χ2v) is 4.29. The molecular formula is C21H14. The summed E-state index contributed by atoms with van der Waals surface area (Å²) in [5.74, 6) is 0.539. The van der Waals surface area contributed by atoms with Crippen LogP contribution in [0.3, 0.4) is 0 Å². The Hall–Kier alpha value is -3.24. The fraction of sp³-hybridized carbons (Fsp3) is 0.143. The Labute approximate surface area is 125 Å². The molecule has 0 amide bonds. The van der Waals surface area contributed by atoms with E-state index >= 15 is 0 Å². The number of benzene rings is 1. The first-order valence-corrected chi connectivity index (χ1v) is 6.45. The van der Waals surface area contributed by atoms with Gasteiger partial charge >= 0.3 is 0 Å². The van der Waals surface area contributed by atoms with Gasteiger partial charge in [0.1, 0.15) is 0 Å². The minimum Gasteiger partial charge on any atom is -0.0687 e. The third-order valence-corrected chi connectivity index (χ3v) is 2.44. The lowest BCUT2D eigenvalue weighted by Crippen LogP contribution is -1.85. The van der Waals surface area contributed by atoms with Crippen LogP contribution in [0.5, 0.6) is 0 Å². The molecule has 0 bridgehead atoms. The Bertz CT molecular complexity index is 859. The summed E-state index contributed by atoms with van der Waals surface area (Å²) in [4.78, 5) is 0. The van der Waals surface area contributed by atoms with Crippen LogP contribution >= 0.6 is 0 Å². The first-order chi connectivity index (χ1) is 10.2. The van der Waals surface area contributed by atoms with Crippen molar-refractivity contribution in [3.8, 4) is 0 Å². The summed E-state index contributed by atoms with van der Waals surface area (Å²) in [7, 11) is 0. The van der Waals surface area contributed by atoms with Gasteiger partial charge in [0.25, 0.3) is 0 Å². The van der Waals surface area contributed by atoms with E-state index < -0.39 is 0 Å². The Balaban J connectivity index is 3.01. The molecule has 0 heteroatoms. The average molecular weight is 266 g/mol. The molecule has 0 saturated heterocycles. The maximum atomic E-state index is 3.33. The third kappa shape index (κ3) is 7.05. The van der Waals surface area contributed by atoms with Gasteiger partial charge in [-0.05, 0) is 75.5 Å². The predicted molar refractivity (Wildman–Crippen MR) is 85.8 cm³/mol.